The quantitative estimate of drug-likeness (QED) is 0.651. The molecule has 1 heteroatoms. The fourth-order valence-corrected chi connectivity index (χ4v) is 2.24. The van der Waals surface area contributed by atoms with Crippen LogP contribution in [0.4, 0.5) is 0 Å². The van der Waals surface area contributed by atoms with Crippen molar-refractivity contribution >= 4 is 0 Å². The molecule has 0 aromatic heterocycles. The molecule has 2 unspecified atom stereocenters. The van der Waals surface area contributed by atoms with Crippen molar-refractivity contribution in [1.29, 1.82) is 0 Å². The van der Waals surface area contributed by atoms with Crippen molar-refractivity contribution in [3.8, 4) is 0 Å². The highest BCUT2D eigenvalue weighted by atomic mass is 14.6. The number of hydrogen-bond donors (Lipinski definition) is 1. The molecule has 2 atom stereocenters. The minimum Gasteiger partial charge on any atom is -0.330 e. The molecule has 1 fully saturated rings. The fourth-order valence-electron chi connectivity index (χ4n) is 2.24. The van der Waals surface area contributed by atoms with E-state index >= 15 is 0 Å². The second-order valence-electron chi connectivity index (χ2n) is 4.36. The predicted molar refractivity (Wildman–Crippen MR) is 49.4 cm³/mol. The van der Waals surface area contributed by atoms with Gasteiger partial charge in [0, 0.05) is 0 Å². The summed E-state index contributed by atoms with van der Waals surface area (Å²) in [4.78, 5) is 0. The molecule has 66 valence electrons. The third kappa shape index (κ3) is 2.19. The van der Waals surface area contributed by atoms with Gasteiger partial charge < -0.3 is 5.73 Å². The summed E-state index contributed by atoms with van der Waals surface area (Å²) in [7, 11) is 0. The summed E-state index contributed by atoms with van der Waals surface area (Å²) < 4.78 is 0. The van der Waals surface area contributed by atoms with Gasteiger partial charge in [0.05, 0.1) is 0 Å². The van der Waals surface area contributed by atoms with E-state index in [9.17, 15) is 0 Å². The highest BCUT2D eigenvalue weighted by molar-refractivity contribution is 4.82. The number of nitrogens with two attached hydrogens (primary N) is 1. The largest absolute Gasteiger partial charge is 0.330 e. The van der Waals surface area contributed by atoms with Crippen molar-refractivity contribution in [2.24, 2.45) is 17.1 Å². The zero-order valence-corrected chi connectivity index (χ0v) is 7.90. The molecular weight excluding hydrogens is 134 g/mol. The summed E-state index contributed by atoms with van der Waals surface area (Å²) in [6, 6.07) is 0. The Bertz CT molecular complexity index is 122. The Kier molecular flexibility index (Phi) is 2.94. The average molecular weight is 155 g/mol. The molecule has 0 aromatic rings. The number of rotatable bonds is 2. The van der Waals surface area contributed by atoms with Crippen LogP contribution in [0.1, 0.15) is 46.0 Å². The van der Waals surface area contributed by atoms with Crippen LogP contribution in [0.25, 0.3) is 0 Å². The molecule has 1 nitrogen and oxygen atoms in total. The summed E-state index contributed by atoms with van der Waals surface area (Å²) in [6.45, 7) is 5.61. The summed E-state index contributed by atoms with van der Waals surface area (Å²) in [5, 5.41) is 0. The van der Waals surface area contributed by atoms with E-state index in [4.69, 9.17) is 5.73 Å². The molecule has 2 N–H and O–H groups in total. The van der Waals surface area contributed by atoms with Crippen LogP contribution in [0, 0.1) is 11.3 Å². The first-order valence-electron chi connectivity index (χ1n) is 4.90. The van der Waals surface area contributed by atoms with Gasteiger partial charge in [0.1, 0.15) is 0 Å². The second-order valence-corrected chi connectivity index (χ2v) is 4.36. The van der Waals surface area contributed by atoms with Crippen LogP contribution in [0.2, 0.25) is 0 Å². The molecule has 0 radical (unpaired) electrons. The number of hydrogen-bond acceptors (Lipinski definition) is 1. The van der Waals surface area contributed by atoms with Crippen LogP contribution in [0.15, 0.2) is 0 Å². The van der Waals surface area contributed by atoms with E-state index in [0.29, 0.717) is 5.41 Å². The molecule has 1 aliphatic carbocycles. The minimum atomic E-state index is 0.613. The van der Waals surface area contributed by atoms with Crippen molar-refractivity contribution in [3.63, 3.8) is 0 Å². The van der Waals surface area contributed by atoms with Gasteiger partial charge in [0.15, 0.2) is 0 Å². The first kappa shape index (κ1) is 9.05. The smallest absolute Gasteiger partial charge is 0.00487 e. The van der Waals surface area contributed by atoms with Gasteiger partial charge in [-0.3, -0.25) is 0 Å². The molecule has 0 heterocycles. The van der Waals surface area contributed by atoms with Gasteiger partial charge in [-0.15, -0.1) is 0 Å². The monoisotopic (exact) mass is 155 g/mol. The standard InChI is InChI=1S/C10H21N/c1-3-10(2)6-4-5-9(7-10)8-11/h9H,3-8,11H2,1-2H3. The summed E-state index contributed by atoms with van der Waals surface area (Å²) in [5.41, 5.74) is 6.29. The highest BCUT2D eigenvalue weighted by Crippen LogP contribution is 2.40. The molecule has 1 aliphatic rings. The molecule has 0 aromatic carbocycles. The van der Waals surface area contributed by atoms with Gasteiger partial charge in [0.25, 0.3) is 0 Å². The van der Waals surface area contributed by atoms with E-state index in [2.05, 4.69) is 13.8 Å². The van der Waals surface area contributed by atoms with E-state index in [-0.39, 0.29) is 0 Å². The molecular formula is C10H21N. The topological polar surface area (TPSA) is 26.0 Å². The molecule has 0 amide bonds. The van der Waals surface area contributed by atoms with Gasteiger partial charge >= 0.3 is 0 Å². The van der Waals surface area contributed by atoms with E-state index in [1.165, 1.54) is 32.1 Å². The lowest BCUT2D eigenvalue weighted by molar-refractivity contribution is 0.156. The highest BCUT2D eigenvalue weighted by Gasteiger charge is 2.29. The average Bonchev–Trinajstić information content (AvgIpc) is 2.05. The SMILES string of the molecule is CCC1(C)CCCC(CN)C1. The Labute approximate surface area is 70.4 Å². The van der Waals surface area contributed by atoms with Crippen LogP contribution in [-0.4, -0.2) is 6.54 Å². The first-order chi connectivity index (χ1) is 5.20. The molecule has 0 spiro atoms. The van der Waals surface area contributed by atoms with E-state index in [0.717, 1.165) is 12.5 Å². The fraction of sp³-hybridized carbons (Fsp3) is 1.00. The molecule has 11 heavy (non-hydrogen) atoms. The van der Waals surface area contributed by atoms with Crippen LogP contribution < -0.4 is 5.73 Å². The van der Waals surface area contributed by atoms with Gasteiger partial charge in [0.2, 0.25) is 0 Å². The van der Waals surface area contributed by atoms with E-state index < -0.39 is 0 Å². The van der Waals surface area contributed by atoms with E-state index in [1.54, 1.807) is 0 Å². The van der Waals surface area contributed by atoms with Crippen molar-refractivity contribution in [1.82, 2.24) is 0 Å². The van der Waals surface area contributed by atoms with Crippen LogP contribution in [-0.2, 0) is 0 Å². The Morgan fingerprint density at radius 1 is 1.55 bits per heavy atom. The molecule has 0 bridgehead atoms. The summed E-state index contributed by atoms with van der Waals surface area (Å²) in [5.74, 6) is 0.814. The Morgan fingerprint density at radius 2 is 2.27 bits per heavy atom. The van der Waals surface area contributed by atoms with Crippen LogP contribution in [0.5, 0.6) is 0 Å². The van der Waals surface area contributed by atoms with E-state index in [1.807, 2.05) is 0 Å². The van der Waals surface area contributed by atoms with Gasteiger partial charge in [-0.05, 0) is 37.1 Å². The summed E-state index contributed by atoms with van der Waals surface area (Å²) in [6.07, 6.45) is 6.86. The van der Waals surface area contributed by atoms with Crippen LogP contribution in [0.3, 0.4) is 0 Å². The van der Waals surface area contributed by atoms with Crippen molar-refractivity contribution in [2.75, 3.05) is 6.54 Å². The van der Waals surface area contributed by atoms with Gasteiger partial charge in [-0.25, -0.2) is 0 Å². The maximum absolute atomic E-state index is 5.68. The molecule has 0 saturated heterocycles. The Hall–Kier alpha value is -0.0400. The third-order valence-corrected chi connectivity index (χ3v) is 3.36. The maximum atomic E-state index is 5.68. The van der Waals surface area contributed by atoms with Crippen LogP contribution >= 0.6 is 0 Å². The van der Waals surface area contributed by atoms with Gasteiger partial charge in [-0.2, -0.15) is 0 Å². The minimum absolute atomic E-state index is 0.613. The first-order valence-corrected chi connectivity index (χ1v) is 4.90. The zero-order chi connectivity index (χ0) is 8.32. The third-order valence-electron chi connectivity index (χ3n) is 3.36. The van der Waals surface area contributed by atoms with Gasteiger partial charge in [-0.1, -0.05) is 26.7 Å². The van der Waals surface area contributed by atoms with Crippen molar-refractivity contribution < 1.29 is 0 Å². The molecule has 1 rings (SSSR count). The van der Waals surface area contributed by atoms with Crippen molar-refractivity contribution in [3.05, 3.63) is 0 Å². The molecule has 1 saturated carbocycles. The van der Waals surface area contributed by atoms with Crippen molar-refractivity contribution in [2.45, 2.75) is 46.0 Å². The lowest BCUT2D eigenvalue weighted by Gasteiger charge is -2.37. The second kappa shape index (κ2) is 3.57. The lowest BCUT2D eigenvalue weighted by Crippen LogP contribution is -2.29. The lowest BCUT2D eigenvalue weighted by atomic mass is 9.69. The molecule has 0 aliphatic heterocycles. The summed E-state index contributed by atoms with van der Waals surface area (Å²) >= 11 is 0. The maximum Gasteiger partial charge on any atom is -0.00487 e. The Balaban J connectivity index is 2.44. The zero-order valence-electron chi connectivity index (χ0n) is 7.90. The predicted octanol–water partition coefficient (Wildman–Crippen LogP) is 2.55. The normalized spacial score (nSPS) is 39.0. The Morgan fingerprint density at radius 3 is 2.82 bits per heavy atom.